The van der Waals surface area contributed by atoms with Crippen molar-refractivity contribution < 1.29 is 14.7 Å². The predicted molar refractivity (Wildman–Crippen MR) is 75.6 cm³/mol. The fourth-order valence-electron chi connectivity index (χ4n) is 1.86. The average Bonchev–Trinajstić information content (AvgIpc) is 2.43. The minimum atomic E-state index is -0.933. The Morgan fingerprint density at radius 3 is 2.75 bits per heavy atom. The molecule has 1 amide bonds. The zero-order valence-electron chi connectivity index (χ0n) is 11.4. The summed E-state index contributed by atoms with van der Waals surface area (Å²) < 4.78 is 0. The third-order valence-corrected chi connectivity index (χ3v) is 3.09. The molecule has 1 aromatic heterocycles. The van der Waals surface area contributed by atoms with Crippen LogP contribution in [0.25, 0.3) is 10.9 Å². The highest BCUT2D eigenvalue weighted by molar-refractivity contribution is 6.05. The van der Waals surface area contributed by atoms with Crippen molar-refractivity contribution in [2.24, 2.45) is 5.92 Å². The van der Waals surface area contributed by atoms with Crippen molar-refractivity contribution in [3.8, 4) is 0 Å². The molecular weight excluding hydrogens is 256 g/mol. The van der Waals surface area contributed by atoms with E-state index in [1.54, 1.807) is 19.1 Å². The second-order valence-electron chi connectivity index (χ2n) is 4.78. The molecule has 20 heavy (non-hydrogen) atoms. The van der Waals surface area contributed by atoms with Gasteiger partial charge in [-0.3, -0.25) is 14.6 Å². The first-order valence-electron chi connectivity index (χ1n) is 6.36. The number of rotatable bonds is 4. The van der Waals surface area contributed by atoms with Crippen LogP contribution in [0.3, 0.4) is 0 Å². The highest BCUT2D eigenvalue weighted by Gasteiger charge is 2.15. The Morgan fingerprint density at radius 1 is 1.30 bits per heavy atom. The Labute approximate surface area is 116 Å². The van der Waals surface area contributed by atoms with Gasteiger partial charge in [0.15, 0.2) is 0 Å². The van der Waals surface area contributed by atoms with E-state index in [1.165, 1.54) is 0 Å². The number of aliphatic carboxylic acids is 1. The van der Waals surface area contributed by atoms with Crippen molar-refractivity contribution in [1.29, 1.82) is 0 Å². The smallest absolute Gasteiger partial charge is 0.308 e. The quantitative estimate of drug-likeness (QED) is 0.892. The molecule has 1 heterocycles. The molecule has 0 fully saturated rings. The van der Waals surface area contributed by atoms with Gasteiger partial charge in [-0.15, -0.1) is 0 Å². The van der Waals surface area contributed by atoms with Gasteiger partial charge in [-0.1, -0.05) is 25.1 Å². The lowest BCUT2D eigenvalue weighted by Crippen LogP contribution is -2.31. The van der Waals surface area contributed by atoms with E-state index >= 15 is 0 Å². The highest BCUT2D eigenvalue weighted by Crippen LogP contribution is 2.17. The van der Waals surface area contributed by atoms with Gasteiger partial charge in [0.05, 0.1) is 17.0 Å². The van der Waals surface area contributed by atoms with Gasteiger partial charge >= 0.3 is 5.97 Å². The number of para-hydroxylation sites is 1. The molecule has 0 bridgehead atoms. The van der Waals surface area contributed by atoms with E-state index in [2.05, 4.69) is 10.3 Å². The fourth-order valence-corrected chi connectivity index (χ4v) is 1.86. The van der Waals surface area contributed by atoms with Crippen molar-refractivity contribution in [2.75, 3.05) is 6.54 Å². The maximum absolute atomic E-state index is 12.2. The van der Waals surface area contributed by atoms with E-state index in [4.69, 9.17) is 5.11 Å². The van der Waals surface area contributed by atoms with Crippen molar-refractivity contribution >= 4 is 22.8 Å². The van der Waals surface area contributed by atoms with Gasteiger partial charge < -0.3 is 10.4 Å². The van der Waals surface area contributed by atoms with Crippen molar-refractivity contribution in [3.63, 3.8) is 0 Å². The van der Waals surface area contributed by atoms with Crippen molar-refractivity contribution in [1.82, 2.24) is 10.3 Å². The molecule has 0 spiro atoms. The lowest BCUT2D eigenvalue weighted by molar-refractivity contribution is -0.140. The molecule has 1 aromatic carbocycles. The fraction of sp³-hybridized carbons (Fsp3) is 0.267. The second-order valence-corrected chi connectivity index (χ2v) is 4.78. The van der Waals surface area contributed by atoms with Crippen LogP contribution in [0.5, 0.6) is 0 Å². The van der Waals surface area contributed by atoms with Gasteiger partial charge in [0, 0.05) is 17.6 Å². The number of aryl methyl sites for hydroxylation is 1. The van der Waals surface area contributed by atoms with Crippen molar-refractivity contribution in [2.45, 2.75) is 13.8 Å². The van der Waals surface area contributed by atoms with Crippen LogP contribution < -0.4 is 5.32 Å². The van der Waals surface area contributed by atoms with Crippen LogP contribution in [0.2, 0.25) is 0 Å². The van der Waals surface area contributed by atoms with Gasteiger partial charge in [-0.2, -0.15) is 0 Å². The first-order valence-corrected chi connectivity index (χ1v) is 6.36. The Morgan fingerprint density at radius 2 is 2.05 bits per heavy atom. The minimum Gasteiger partial charge on any atom is -0.481 e. The number of fused-ring (bicyclic) bond motifs is 1. The summed E-state index contributed by atoms with van der Waals surface area (Å²) >= 11 is 0. The molecule has 2 aromatic rings. The summed E-state index contributed by atoms with van der Waals surface area (Å²) in [5, 5.41) is 12.3. The maximum Gasteiger partial charge on any atom is 0.308 e. The van der Waals surface area contributed by atoms with Gasteiger partial charge in [0.25, 0.3) is 5.91 Å². The lowest BCUT2D eigenvalue weighted by Gasteiger charge is -2.10. The molecule has 5 heteroatoms. The number of nitrogens with zero attached hydrogens (tertiary/aromatic N) is 1. The number of carbonyl (C=O) groups is 2. The summed E-state index contributed by atoms with van der Waals surface area (Å²) in [4.78, 5) is 27.3. The summed E-state index contributed by atoms with van der Waals surface area (Å²) in [5.41, 5.74) is 1.92. The molecule has 2 N–H and O–H groups in total. The molecule has 0 aliphatic heterocycles. The number of benzene rings is 1. The molecule has 0 aliphatic rings. The van der Waals surface area contributed by atoms with E-state index in [1.807, 2.05) is 25.1 Å². The molecular formula is C15H16N2O3. The number of aromatic nitrogens is 1. The molecule has 0 aliphatic carbocycles. The molecule has 0 saturated heterocycles. The van der Waals surface area contributed by atoms with Gasteiger partial charge in [-0.05, 0) is 19.1 Å². The third kappa shape index (κ3) is 2.93. The van der Waals surface area contributed by atoms with Crippen molar-refractivity contribution in [3.05, 3.63) is 41.6 Å². The number of hydrogen-bond acceptors (Lipinski definition) is 3. The number of pyridine rings is 1. The Hall–Kier alpha value is -2.43. The SMILES string of the molecule is Cc1ccc2cccc(C(=O)NCC(C)C(=O)O)c2n1. The summed E-state index contributed by atoms with van der Waals surface area (Å²) in [6.07, 6.45) is 0. The van der Waals surface area contributed by atoms with E-state index in [0.29, 0.717) is 11.1 Å². The molecule has 1 atom stereocenters. The van der Waals surface area contributed by atoms with E-state index in [-0.39, 0.29) is 12.5 Å². The minimum absolute atomic E-state index is 0.0936. The summed E-state index contributed by atoms with van der Waals surface area (Å²) in [6, 6.07) is 9.16. The number of hydrogen-bond donors (Lipinski definition) is 2. The topological polar surface area (TPSA) is 79.3 Å². The normalized spacial score (nSPS) is 12.1. The summed E-state index contributed by atoms with van der Waals surface area (Å²) in [6.45, 7) is 3.51. The lowest BCUT2D eigenvalue weighted by atomic mass is 10.1. The van der Waals surface area contributed by atoms with Crippen LogP contribution in [-0.4, -0.2) is 28.5 Å². The zero-order valence-corrected chi connectivity index (χ0v) is 11.4. The monoisotopic (exact) mass is 272 g/mol. The van der Waals surface area contributed by atoms with Crippen LogP contribution in [0.4, 0.5) is 0 Å². The van der Waals surface area contributed by atoms with Gasteiger partial charge in [-0.25, -0.2) is 0 Å². The number of amides is 1. The van der Waals surface area contributed by atoms with Crippen LogP contribution in [0.15, 0.2) is 30.3 Å². The average molecular weight is 272 g/mol. The number of carboxylic acids is 1. The van der Waals surface area contributed by atoms with E-state index < -0.39 is 11.9 Å². The first kappa shape index (κ1) is 14.0. The zero-order chi connectivity index (χ0) is 14.7. The van der Waals surface area contributed by atoms with Crippen LogP contribution >= 0.6 is 0 Å². The van der Waals surface area contributed by atoms with E-state index in [0.717, 1.165) is 11.1 Å². The Balaban J connectivity index is 2.26. The Kier molecular flexibility index (Phi) is 3.98. The molecule has 5 nitrogen and oxygen atoms in total. The van der Waals surface area contributed by atoms with Crippen LogP contribution in [0.1, 0.15) is 23.0 Å². The van der Waals surface area contributed by atoms with Gasteiger partial charge in [0.1, 0.15) is 0 Å². The first-order chi connectivity index (χ1) is 9.49. The summed E-state index contributed by atoms with van der Waals surface area (Å²) in [7, 11) is 0. The standard InChI is InChI=1S/C15H16N2O3/c1-9(15(19)20)8-16-14(18)12-5-3-4-11-7-6-10(2)17-13(11)12/h3-7,9H,8H2,1-2H3,(H,16,18)(H,19,20). The van der Waals surface area contributed by atoms with Crippen LogP contribution in [0, 0.1) is 12.8 Å². The predicted octanol–water partition coefficient (Wildman–Crippen LogP) is 1.99. The third-order valence-electron chi connectivity index (χ3n) is 3.09. The number of carbonyl (C=O) groups excluding carboxylic acids is 1. The maximum atomic E-state index is 12.2. The largest absolute Gasteiger partial charge is 0.481 e. The molecule has 2 rings (SSSR count). The van der Waals surface area contributed by atoms with E-state index in [9.17, 15) is 9.59 Å². The second kappa shape index (κ2) is 5.69. The number of nitrogens with one attached hydrogen (secondary N) is 1. The molecule has 0 saturated carbocycles. The van der Waals surface area contributed by atoms with Gasteiger partial charge in [0.2, 0.25) is 0 Å². The Bertz CT molecular complexity index is 667. The molecule has 0 radical (unpaired) electrons. The molecule has 104 valence electrons. The molecule has 1 unspecified atom stereocenters. The van der Waals surface area contributed by atoms with Crippen LogP contribution in [-0.2, 0) is 4.79 Å². The summed E-state index contributed by atoms with van der Waals surface area (Å²) in [5.74, 6) is -1.86. The highest BCUT2D eigenvalue weighted by atomic mass is 16.4. The number of carboxylic acid groups (broad SMARTS) is 1.